The number of hydrogen-bond donors (Lipinski definition) is 2. The van der Waals surface area contributed by atoms with Crippen molar-refractivity contribution in [2.75, 3.05) is 0 Å². The molecule has 0 radical (unpaired) electrons. The fourth-order valence-electron chi connectivity index (χ4n) is 2.62. The summed E-state index contributed by atoms with van der Waals surface area (Å²) in [4.78, 5) is 35.8. The highest BCUT2D eigenvalue weighted by molar-refractivity contribution is 8.00. The molecule has 1 unspecified atom stereocenters. The smallest absolute Gasteiger partial charge is 0.260 e. The second-order valence-electron chi connectivity index (χ2n) is 5.38. The quantitative estimate of drug-likeness (QED) is 0.331. The van der Waals surface area contributed by atoms with Crippen LogP contribution >= 0.6 is 23.1 Å². The van der Waals surface area contributed by atoms with E-state index in [4.69, 9.17) is 0 Å². The van der Waals surface area contributed by atoms with Gasteiger partial charge in [-0.3, -0.25) is 9.59 Å². The molecule has 4 rings (SSSR count). The summed E-state index contributed by atoms with van der Waals surface area (Å²) >= 11 is 2.68. The molecule has 0 aliphatic rings. The number of Topliss-reactive ketones (excluding diaryl/α,β-unsaturated/α-hetero) is 1. The maximum Gasteiger partial charge on any atom is 0.260 e. The van der Waals surface area contributed by atoms with E-state index in [0.29, 0.717) is 20.9 Å². The number of rotatable bonds is 4. The van der Waals surface area contributed by atoms with Crippen LogP contribution in [-0.4, -0.2) is 26.0 Å². The lowest BCUT2D eigenvalue weighted by atomic mass is 10.1. The number of H-pyrrole nitrogens is 2. The predicted octanol–water partition coefficient (Wildman–Crippen LogP) is 3.83. The highest BCUT2D eigenvalue weighted by atomic mass is 32.2. The molecule has 2 N–H and O–H groups in total. The van der Waals surface area contributed by atoms with Crippen LogP contribution in [0.3, 0.4) is 0 Å². The van der Waals surface area contributed by atoms with Crippen molar-refractivity contribution >= 4 is 50.0 Å². The molecule has 0 spiro atoms. The number of ketones is 1. The van der Waals surface area contributed by atoms with Crippen molar-refractivity contribution in [3.05, 3.63) is 57.8 Å². The van der Waals surface area contributed by atoms with E-state index in [1.165, 1.54) is 23.1 Å². The van der Waals surface area contributed by atoms with Crippen LogP contribution in [0.2, 0.25) is 0 Å². The van der Waals surface area contributed by atoms with Crippen LogP contribution < -0.4 is 5.56 Å². The Balaban J connectivity index is 1.64. The maximum atomic E-state index is 12.8. The standard InChI is InChI=1S/C17H13N3O2S2/c1-9(14(21)12-8-18-13-5-3-2-4-10(12)13)24-17-19-15(22)11-6-7-23-16(11)20-17/h2-9,18H,1H3,(H,19,20,22). The number of thioether (sulfide) groups is 1. The van der Waals surface area contributed by atoms with Gasteiger partial charge in [0.1, 0.15) is 4.83 Å². The third kappa shape index (κ3) is 2.55. The lowest BCUT2D eigenvalue weighted by molar-refractivity contribution is 0.0995. The third-order valence-electron chi connectivity index (χ3n) is 3.83. The Kier molecular flexibility index (Phi) is 3.74. The Labute approximate surface area is 145 Å². The number of thiophene rings is 1. The fraction of sp³-hybridized carbons (Fsp3) is 0.118. The monoisotopic (exact) mass is 355 g/mol. The molecule has 0 bridgehead atoms. The van der Waals surface area contributed by atoms with Gasteiger partial charge in [-0.15, -0.1) is 11.3 Å². The lowest BCUT2D eigenvalue weighted by Gasteiger charge is -2.08. The molecule has 7 heteroatoms. The average molecular weight is 355 g/mol. The summed E-state index contributed by atoms with van der Waals surface area (Å²) in [6, 6.07) is 9.45. The molecular formula is C17H13N3O2S2. The van der Waals surface area contributed by atoms with Gasteiger partial charge in [0.15, 0.2) is 10.9 Å². The average Bonchev–Trinajstić information content (AvgIpc) is 3.20. The first-order chi connectivity index (χ1) is 11.6. The van der Waals surface area contributed by atoms with Crippen LogP contribution in [0.4, 0.5) is 0 Å². The molecule has 120 valence electrons. The SMILES string of the molecule is CC(Sc1nc2sccc2c(=O)[nH]1)C(=O)c1c[nH]c2ccccc12. The minimum Gasteiger partial charge on any atom is -0.360 e. The zero-order valence-electron chi connectivity index (χ0n) is 12.7. The number of carbonyl (C=O) groups is 1. The zero-order chi connectivity index (χ0) is 16.7. The van der Waals surface area contributed by atoms with E-state index in [1.54, 1.807) is 12.3 Å². The lowest BCUT2D eigenvalue weighted by Crippen LogP contribution is -2.15. The second-order valence-corrected chi connectivity index (χ2v) is 7.61. The Bertz CT molecular complexity index is 1110. The van der Waals surface area contributed by atoms with E-state index >= 15 is 0 Å². The minimum atomic E-state index is -0.357. The van der Waals surface area contributed by atoms with Gasteiger partial charge in [0.25, 0.3) is 5.56 Å². The van der Waals surface area contributed by atoms with Crippen LogP contribution in [0.15, 0.2) is 51.9 Å². The van der Waals surface area contributed by atoms with Gasteiger partial charge in [-0.1, -0.05) is 30.0 Å². The predicted molar refractivity (Wildman–Crippen MR) is 98.2 cm³/mol. The van der Waals surface area contributed by atoms with Crippen LogP contribution in [0.1, 0.15) is 17.3 Å². The number of aromatic nitrogens is 3. The summed E-state index contributed by atoms with van der Waals surface area (Å²) in [6.45, 7) is 1.83. The summed E-state index contributed by atoms with van der Waals surface area (Å²) in [5.74, 6) is 0.00590. The van der Waals surface area contributed by atoms with Crippen LogP contribution in [0.5, 0.6) is 0 Å². The molecule has 0 saturated carbocycles. The molecule has 5 nitrogen and oxygen atoms in total. The van der Waals surface area contributed by atoms with Crippen molar-refractivity contribution < 1.29 is 4.79 Å². The molecule has 1 atom stereocenters. The Morgan fingerprint density at radius 1 is 1.25 bits per heavy atom. The van der Waals surface area contributed by atoms with Gasteiger partial charge in [-0.2, -0.15) is 0 Å². The summed E-state index contributed by atoms with van der Waals surface area (Å²) < 4.78 is 0. The molecule has 1 aromatic carbocycles. The van der Waals surface area contributed by atoms with E-state index in [-0.39, 0.29) is 16.6 Å². The van der Waals surface area contributed by atoms with Crippen molar-refractivity contribution in [1.82, 2.24) is 15.0 Å². The molecule has 0 aliphatic heterocycles. The van der Waals surface area contributed by atoms with E-state index in [9.17, 15) is 9.59 Å². The zero-order valence-corrected chi connectivity index (χ0v) is 14.3. The summed E-state index contributed by atoms with van der Waals surface area (Å²) in [6.07, 6.45) is 1.74. The fourth-order valence-corrected chi connectivity index (χ4v) is 4.30. The number of nitrogens with zero attached hydrogens (tertiary/aromatic N) is 1. The third-order valence-corrected chi connectivity index (χ3v) is 5.62. The normalized spacial score (nSPS) is 12.7. The minimum absolute atomic E-state index is 0.00590. The van der Waals surface area contributed by atoms with E-state index in [0.717, 1.165) is 10.9 Å². The first-order valence-electron chi connectivity index (χ1n) is 7.38. The molecule has 3 heterocycles. The Hall–Kier alpha value is -2.38. The topological polar surface area (TPSA) is 78.6 Å². The number of nitrogens with one attached hydrogen (secondary N) is 2. The molecule has 4 aromatic rings. The van der Waals surface area contributed by atoms with Gasteiger partial charge in [0.05, 0.1) is 10.6 Å². The van der Waals surface area contributed by atoms with E-state index in [1.807, 2.05) is 36.6 Å². The molecule has 24 heavy (non-hydrogen) atoms. The first kappa shape index (κ1) is 15.2. The number of hydrogen-bond acceptors (Lipinski definition) is 5. The first-order valence-corrected chi connectivity index (χ1v) is 9.14. The molecular weight excluding hydrogens is 342 g/mol. The molecule has 3 aromatic heterocycles. The van der Waals surface area contributed by atoms with Crippen molar-refractivity contribution in [2.24, 2.45) is 0 Å². The van der Waals surface area contributed by atoms with Gasteiger partial charge in [0.2, 0.25) is 0 Å². The van der Waals surface area contributed by atoms with E-state index < -0.39 is 0 Å². The number of benzene rings is 1. The van der Waals surface area contributed by atoms with Gasteiger partial charge in [-0.25, -0.2) is 4.98 Å². The second kappa shape index (κ2) is 5.92. The highest BCUT2D eigenvalue weighted by Gasteiger charge is 2.21. The van der Waals surface area contributed by atoms with Crippen molar-refractivity contribution in [3.8, 4) is 0 Å². The van der Waals surface area contributed by atoms with Gasteiger partial charge >= 0.3 is 0 Å². The van der Waals surface area contributed by atoms with Crippen molar-refractivity contribution in [1.29, 1.82) is 0 Å². The number of para-hydroxylation sites is 1. The molecule has 0 fully saturated rings. The molecule has 0 saturated heterocycles. The van der Waals surface area contributed by atoms with Crippen LogP contribution in [0.25, 0.3) is 21.1 Å². The maximum absolute atomic E-state index is 12.8. The van der Waals surface area contributed by atoms with E-state index in [2.05, 4.69) is 15.0 Å². The molecule has 0 aliphatic carbocycles. The van der Waals surface area contributed by atoms with Gasteiger partial charge in [-0.05, 0) is 24.4 Å². The van der Waals surface area contributed by atoms with Gasteiger partial charge < -0.3 is 9.97 Å². The van der Waals surface area contributed by atoms with Gasteiger partial charge in [0, 0.05) is 22.7 Å². The summed E-state index contributed by atoms with van der Waals surface area (Å²) in [7, 11) is 0. The largest absolute Gasteiger partial charge is 0.360 e. The summed E-state index contributed by atoms with van der Waals surface area (Å²) in [5.41, 5.74) is 1.42. The van der Waals surface area contributed by atoms with Crippen molar-refractivity contribution in [3.63, 3.8) is 0 Å². The number of aromatic amines is 2. The highest BCUT2D eigenvalue weighted by Crippen LogP contribution is 2.27. The number of carbonyl (C=O) groups excluding carboxylic acids is 1. The van der Waals surface area contributed by atoms with Crippen LogP contribution in [-0.2, 0) is 0 Å². The Morgan fingerprint density at radius 3 is 2.96 bits per heavy atom. The Morgan fingerprint density at radius 2 is 2.08 bits per heavy atom. The number of fused-ring (bicyclic) bond motifs is 2. The van der Waals surface area contributed by atoms with Crippen molar-refractivity contribution in [2.45, 2.75) is 17.3 Å². The summed E-state index contributed by atoms with van der Waals surface area (Å²) in [5, 5.41) is 3.44. The molecule has 0 amide bonds. The van der Waals surface area contributed by atoms with Crippen LogP contribution in [0, 0.1) is 0 Å².